The molecule has 0 amide bonds. The lowest BCUT2D eigenvalue weighted by Gasteiger charge is -2.18. The molecule has 0 saturated carbocycles. The number of aryl methyl sites for hydroxylation is 1. The predicted octanol–water partition coefficient (Wildman–Crippen LogP) is 6.13. The Balaban J connectivity index is 1.90. The van der Waals surface area contributed by atoms with Crippen molar-refractivity contribution in [3.63, 3.8) is 0 Å². The highest BCUT2D eigenvalue weighted by Crippen LogP contribution is 2.37. The number of methoxy groups -OCH3 is 1. The largest absolute Gasteiger partial charge is 0.497 e. The van der Waals surface area contributed by atoms with Crippen molar-refractivity contribution in [3.8, 4) is 17.1 Å². The Morgan fingerprint density at radius 1 is 1.03 bits per heavy atom. The van der Waals surface area contributed by atoms with Gasteiger partial charge < -0.3 is 4.74 Å². The van der Waals surface area contributed by atoms with Gasteiger partial charge in [0, 0.05) is 17.1 Å². The van der Waals surface area contributed by atoms with Gasteiger partial charge in [0.1, 0.15) is 17.4 Å². The smallest absolute Gasteiger partial charge is 0.417 e. The molecular weight excluding hydrogens is 460 g/mol. The minimum atomic E-state index is -4.85. The Kier molecular flexibility index (Phi) is 6.12. The maximum atomic E-state index is 13.7. The monoisotopic (exact) mass is 476 g/mol. The van der Waals surface area contributed by atoms with Crippen molar-refractivity contribution in [1.82, 2.24) is 9.55 Å². The fraction of sp³-hybridized carbons (Fsp3) is 0.167. The van der Waals surface area contributed by atoms with Gasteiger partial charge in [-0.1, -0.05) is 23.7 Å². The number of rotatable bonds is 5. The predicted molar refractivity (Wildman–Crippen MR) is 118 cm³/mol. The van der Waals surface area contributed by atoms with Gasteiger partial charge in [-0.3, -0.25) is 9.36 Å². The molecule has 0 unspecified atom stereocenters. The first-order valence-electron chi connectivity index (χ1n) is 9.87. The Morgan fingerprint density at radius 2 is 1.76 bits per heavy atom. The van der Waals surface area contributed by atoms with Crippen LogP contribution >= 0.6 is 11.6 Å². The molecule has 4 aromatic rings. The first kappa shape index (κ1) is 22.8. The second kappa shape index (κ2) is 8.86. The van der Waals surface area contributed by atoms with Gasteiger partial charge in [0.05, 0.1) is 23.6 Å². The summed E-state index contributed by atoms with van der Waals surface area (Å²) in [7, 11) is 1.54. The van der Waals surface area contributed by atoms with Gasteiger partial charge >= 0.3 is 6.18 Å². The third-order valence-corrected chi connectivity index (χ3v) is 5.46. The molecule has 9 heteroatoms. The number of nitrogens with zero attached hydrogens (tertiary/aromatic N) is 2. The van der Waals surface area contributed by atoms with Crippen LogP contribution in [0.2, 0.25) is 5.02 Å². The van der Waals surface area contributed by atoms with Crippen LogP contribution in [0.1, 0.15) is 11.1 Å². The average molecular weight is 477 g/mol. The zero-order valence-electron chi connectivity index (χ0n) is 17.3. The normalized spacial score (nSPS) is 11.7. The highest BCUT2D eigenvalue weighted by molar-refractivity contribution is 6.31. The van der Waals surface area contributed by atoms with Crippen LogP contribution in [0.3, 0.4) is 0 Å². The van der Waals surface area contributed by atoms with E-state index in [1.807, 2.05) is 0 Å². The Morgan fingerprint density at radius 3 is 2.42 bits per heavy atom. The highest BCUT2D eigenvalue weighted by atomic mass is 35.5. The lowest BCUT2D eigenvalue weighted by molar-refractivity contribution is -0.137. The number of hydrogen-bond acceptors (Lipinski definition) is 3. The summed E-state index contributed by atoms with van der Waals surface area (Å²) in [4.78, 5) is 17.6. The van der Waals surface area contributed by atoms with Crippen LogP contribution in [-0.4, -0.2) is 16.7 Å². The van der Waals surface area contributed by atoms with E-state index < -0.39 is 28.7 Å². The van der Waals surface area contributed by atoms with Crippen molar-refractivity contribution in [1.29, 1.82) is 0 Å². The molecular formula is C24H17ClF4N2O2. The highest BCUT2D eigenvalue weighted by Gasteiger charge is 2.35. The molecule has 0 aliphatic heterocycles. The van der Waals surface area contributed by atoms with Crippen LogP contribution in [0.25, 0.3) is 22.3 Å². The molecule has 1 heterocycles. The molecule has 170 valence electrons. The molecule has 0 fully saturated rings. The molecule has 0 spiro atoms. The van der Waals surface area contributed by atoms with Gasteiger partial charge in [0.2, 0.25) is 0 Å². The fourth-order valence-corrected chi connectivity index (χ4v) is 3.75. The van der Waals surface area contributed by atoms with Gasteiger partial charge in [-0.25, -0.2) is 9.37 Å². The number of ether oxygens (including phenoxy) is 1. The maximum Gasteiger partial charge on any atom is 0.417 e. The van der Waals surface area contributed by atoms with E-state index in [0.717, 1.165) is 17.7 Å². The molecule has 0 N–H and O–H groups in total. The second-order valence-corrected chi connectivity index (χ2v) is 7.78. The third-order valence-electron chi connectivity index (χ3n) is 5.23. The van der Waals surface area contributed by atoms with E-state index in [-0.39, 0.29) is 28.3 Å². The second-order valence-electron chi connectivity index (χ2n) is 7.34. The maximum absolute atomic E-state index is 13.7. The number of halogens is 5. The minimum absolute atomic E-state index is 0.0563. The Hall–Kier alpha value is -3.39. The molecule has 0 aliphatic carbocycles. The van der Waals surface area contributed by atoms with Gasteiger partial charge in [-0.15, -0.1) is 0 Å². The molecule has 4 nitrogen and oxygen atoms in total. The zero-order chi connectivity index (χ0) is 23.8. The van der Waals surface area contributed by atoms with Crippen molar-refractivity contribution >= 4 is 22.5 Å². The molecule has 1 aromatic heterocycles. The summed E-state index contributed by atoms with van der Waals surface area (Å²) >= 11 is 6.01. The van der Waals surface area contributed by atoms with Crippen LogP contribution in [0.15, 0.2) is 65.5 Å². The molecule has 33 heavy (non-hydrogen) atoms. The Bertz CT molecular complexity index is 1380. The van der Waals surface area contributed by atoms with Crippen molar-refractivity contribution < 1.29 is 22.3 Å². The summed E-state index contributed by atoms with van der Waals surface area (Å²) in [5.74, 6) is -0.598. The zero-order valence-corrected chi connectivity index (χ0v) is 18.0. The molecule has 0 bridgehead atoms. The van der Waals surface area contributed by atoms with E-state index in [4.69, 9.17) is 16.3 Å². The Labute approximate surface area is 191 Å². The average Bonchev–Trinajstić information content (AvgIpc) is 2.78. The standard InChI is InChI=1S/C24H17ClF4N2O2/c1-33-17-6-2-14(3-7-17)10-11-31-22(18-9-5-16(26)13-20(18)24(27,28)29)30-21-12-15(25)4-8-19(21)23(31)32/h2-9,12-13H,10-11H2,1H3. The van der Waals surface area contributed by atoms with E-state index in [1.54, 1.807) is 24.3 Å². The summed E-state index contributed by atoms with van der Waals surface area (Å²) in [6.45, 7) is 0.0563. The van der Waals surface area contributed by atoms with Gasteiger partial charge in [-0.2, -0.15) is 13.2 Å². The van der Waals surface area contributed by atoms with Crippen LogP contribution in [0.5, 0.6) is 5.75 Å². The van der Waals surface area contributed by atoms with Gasteiger partial charge in [0.25, 0.3) is 5.56 Å². The summed E-state index contributed by atoms with van der Waals surface area (Å²) in [6.07, 6.45) is -4.50. The number of benzene rings is 3. The van der Waals surface area contributed by atoms with Crippen molar-refractivity contribution in [2.24, 2.45) is 0 Å². The van der Waals surface area contributed by atoms with E-state index >= 15 is 0 Å². The van der Waals surface area contributed by atoms with E-state index in [1.165, 1.54) is 29.9 Å². The molecule has 0 radical (unpaired) electrons. The number of fused-ring (bicyclic) bond motifs is 1. The van der Waals surface area contributed by atoms with Crippen LogP contribution in [0.4, 0.5) is 17.6 Å². The van der Waals surface area contributed by atoms with Crippen LogP contribution < -0.4 is 10.3 Å². The number of aromatic nitrogens is 2. The van der Waals surface area contributed by atoms with Crippen LogP contribution in [-0.2, 0) is 19.1 Å². The molecule has 0 atom stereocenters. The van der Waals surface area contributed by atoms with Crippen LogP contribution in [0, 0.1) is 5.82 Å². The van der Waals surface area contributed by atoms with Crippen molar-refractivity contribution in [2.75, 3.05) is 7.11 Å². The number of alkyl halides is 3. The van der Waals surface area contributed by atoms with Gasteiger partial charge in [-0.05, 0) is 60.5 Å². The van der Waals surface area contributed by atoms with E-state index in [9.17, 15) is 22.4 Å². The molecule has 0 saturated heterocycles. The summed E-state index contributed by atoms with van der Waals surface area (Å²) in [5.41, 5.74) is -1.12. The summed E-state index contributed by atoms with van der Waals surface area (Å²) in [5, 5.41) is 0.500. The lowest BCUT2D eigenvalue weighted by atomic mass is 10.0. The van der Waals surface area contributed by atoms with Crippen molar-refractivity contribution in [2.45, 2.75) is 19.1 Å². The van der Waals surface area contributed by atoms with E-state index in [2.05, 4.69) is 4.98 Å². The SMILES string of the molecule is COc1ccc(CCn2c(-c3ccc(F)cc3C(F)(F)F)nc3cc(Cl)ccc3c2=O)cc1. The minimum Gasteiger partial charge on any atom is -0.497 e. The van der Waals surface area contributed by atoms with Gasteiger partial charge in [0.15, 0.2) is 0 Å². The molecule has 3 aromatic carbocycles. The number of hydrogen-bond donors (Lipinski definition) is 0. The topological polar surface area (TPSA) is 44.1 Å². The van der Waals surface area contributed by atoms with E-state index in [0.29, 0.717) is 18.2 Å². The quantitative estimate of drug-likeness (QED) is 0.326. The summed E-state index contributed by atoms with van der Waals surface area (Å²) < 4.78 is 61.2. The first-order valence-corrected chi connectivity index (χ1v) is 10.3. The fourth-order valence-electron chi connectivity index (χ4n) is 3.59. The first-order chi connectivity index (χ1) is 15.7. The molecule has 0 aliphatic rings. The lowest BCUT2D eigenvalue weighted by Crippen LogP contribution is -2.25. The molecule has 4 rings (SSSR count). The summed E-state index contributed by atoms with van der Waals surface area (Å²) in [6, 6.07) is 13.8. The van der Waals surface area contributed by atoms with Crippen molar-refractivity contribution in [3.05, 3.63) is 93.0 Å². The third kappa shape index (κ3) is 4.71.